The van der Waals surface area contributed by atoms with E-state index in [0.717, 1.165) is 52.4 Å². The third kappa shape index (κ3) is 10.0. The molecule has 0 aliphatic carbocycles. The molecule has 12 nitrogen and oxygen atoms in total. The monoisotopic (exact) mass is 396 g/mol. The summed E-state index contributed by atoms with van der Waals surface area (Å²) in [7, 11) is 0. The van der Waals surface area contributed by atoms with Crippen LogP contribution < -0.4 is 44.4 Å². The summed E-state index contributed by atoms with van der Waals surface area (Å²) in [6, 6.07) is 0. The van der Waals surface area contributed by atoms with E-state index in [2.05, 4.69) is 26.1 Å². The van der Waals surface area contributed by atoms with E-state index in [4.69, 9.17) is 38.4 Å². The number of aliphatic hydroxyl groups excluding tert-OH is 3. The van der Waals surface area contributed by atoms with Gasteiger partial charge in [-0.15, -0.1) is 0 Å². The number of hydrogen-bond acceptors (Lipinski definition) is 12. The van der Waals surface area contributed by atoms with Crippen molar-refractivity contribution in [2.75, 3.05) is 65.6 Å². The van der Waals surface area contributed by atoms with Gasteiger partial charge in [0.2, 0.25) is 5.85 Å². The summed E-state index contributed by atoms with van der Waals surface area (Å²) in [5, 5.41) is 40.6. The second kappa shape index (κ2) is 15.4. The summed E-state index contributed by atoms with van der Waals surface area (Å²) in [4.78, 5) is 4.14. The van der Waals surface area contributed by atoms with Gasteiger partial charge in [0.15, 0.2) is 0 Å². The van der Waals surface area contributed by atoms with Gasteiger partial charge in [-0.2, -0.15) is 0 Å². The molecule has 1 saturated heterocycles. The largest absolute Gasteiger partial charge is 0.395 e. The zero-order valence-corrected chi connectivity index (χ0v) is 16.1. The molecule has 1 fully saturated rings. The lowest BCUT2D eigenvalue weighted by Crippen LogP contribution is -2.73. The van der Waals surface area contributed by atoms with Crippen molar-refractivity contribution in [2.45, 2.75) is 24.9 Å². The summed E-state index contributed by atoms with van der Waals surface area (Å²) in [6.45, 7) is 7.33. The van der Waals surface area contributed by atoms with Crippen LogP contribution in [0.2, 0.25) is 0 Å². The highest BCUT2D eigenvalue weighted by atomic mass is 16.7. The lowest BCUT2D eigenvalue weighted by molar-refractivity contribution is -0.206. The zero-order valence-electron chi connectivity index (χ0n) is 16.1. The van der Waals surface area contributed by atoms with Gasteiger partial charge in [0.05, 0.1) is 13.2 Å². The standard InChI is InChI=1S/C10H24N4.C5H16N4O4/c1-3-11-7-9-13-5-2-6-14-10-8-12-4-1;6-3(12)4(1-10,2-11)5(7,8)13-9/h11-14H,1-10H2;3,10-12H,1-2,6-9H2. The molecular weight excluding hydrogens is 356 g/mol. The molecule has 27 heavy (non-hydrogen) atoms. The minimum absolute atomic E-state index is 0.772. The second-order valence-corrected chi connectivity index (χ2v) is 6.54. The van der Waals surface area contributed by atoms with Crippen LogP contribution in [-0.2, 0) is 4.84 Å². The Kier molecular flexibility index (Phi) is 15.2. The molecule has 15 N–H and O–H groups in total. The Hall–Kier alpha value is -0.480. The fraction of sp³-hybridized carbons (Fsp3) is 1.00. The molecule has 1 unspecified atom stereocenters. The van der Waals surface area contributed by atoms with Crippen molar-refractivity contribution >= 4 is 0 Å². The van der Waals surface area contributed by atoms with Gasteiger partial charge in [-0.25, -0.2) is 5.90 Å². The van der Waals surface area contributed by atoms with Crippen LogP contribution in [0.4, 0.5) is 0 Å². The van der Waals surface area contributed by atoms with Crippen LogP contribution in [0.25, 0.3) is 0 Å². The van der Waals surface area contributed by atoms with Gasteiger partial charge in [-0.05, 0) is 39.0 Å². The fourth-order valence-electron chi connectivity index (χ4n) is 2.36. The normalized spacial score (nSPS) is 20.1. The molecule has 0 saturated carbocycles. The molecule has 0 spiro atoms. The number of hydrogen-bond donors (Lipinski definition) is 11. The fourth-order valence-corrected chi connectivity index (χ4v) is 2.36. The summed E-state index contributed by atoms with van der Waals surface area (Å²) >= 11 is 0. The molecule has 1 atom stereocenters. The number of aliphatic hydroxyl groups is 3. The predicted molar refractivity (Wildman–Crippen MR) is 104 cm³/mol. The van der Waals surface area contributed by atoms with Gasteiger partial charge in [-0.3, -0.25) is 16.3 Å². The SMILES string of the molecule is C1CNCCNCCCNCCNC1.NOC(N)(N)C(CO)(CO)C(N)O. The summed E-state index contributed by atoms with van der Waals surface area (Å²) in [5.74, 6) is 2.62. The first-order valence-corrected chi connectivity index (χ1v) is 9.32. The minimum Gasteiger partial charge on any atom is -0.395 e. The molecular formula is C15H40N8O4. The highest BCUT2D eigenvalue weighted by Crippen LogP contribution is 2.27. The van der Waals surface area contributed by atoms with Gasteiger partial charge in [0, 0.05) is 26.2 Å². The van der Waals surface area contributed by atoms with E-state index in [-0.39, 0.29) is 0 Å². The molecule has 12 heteroatoms. The molecule has 1 rings (SSSR count). The Balaban J connectivity index is 0.000000503. The predicted octanol–water partition coefficient (Wildman–Crippen LogP) is -5.17. The minimum atomic E-state index is -2.12. The van der Waals surface area contributed by atoms with Crippen molar-refractivity contribution in [3.05, 3.63) is 0 Å². The van der Waals surface area contributed by atoms with Crippen LogP contribution in [0.5, 0.6) is 0 Å². The maximum absolute atomic E-state index is 9.09. The Morgan fingerprint density at radius 1 is 0.778 bits per heavy atom. The molecule has 0 aromatic heterocycles. The maximum Gasteiger partial charge on any atom is 0.202 e. The van der Waals surface area contributed by atoms with Gasteiger partial charge in [0.1, 0.15) is 11.6 Å². The summed E-state index contributed by atoms with van der Waals surface area (Å²) < 4.78 is 0. The lowest BCUT2D eigenvalue weighted by Gasteiger charge is -2.42. The van der Waals surface area contributed by atoms with E-state index in [1.165, 1.54) is 12.8 Å². The quantitative estimate of drug-likeness (QED) is 0.155. The van der Waals surface area contributed by atoms with E-state index < -0.39 is 30.7 Å². The third-order valence-electron chi connectivity index (χ3n) is 4.47. The molecule has 1 aliphatic rings. The van der Waals surface area contributed by atoms with Crippen LogP contribution in [0, 0.1) is 5.41 Å². The van der Waals surface area contributed by atoms with E-state index in [1.54, 1.807) is 0 Å². The van der Waals surface area contributed by atoms with E-state index in [9.17, 15) is 0 Å². The summed E-state index contributed by atoms with van der Waals surface area (Å²) in [5.41, 5.74) is 13.9. The van der Waals surface area contributed by atoms with Crippen LogP contribution in [-0.4, -0.2) is 93.0 Å². The van der Waals surface area contributed by atoms with Crippen molar-refractivity contribution in [1.29, 1.82) is 0 Å². The highest BCUT2D eigenvalue weighted by molar-refractivity contribution is 4.95. The first kappa shape index (κ1) is 26.5. The number of nitrogens with one attached hydrogen (secondary N) is 4. The van der Waals surface area contributed by atoms with Crippen LogP contribution in [0.15, 0.2) is 0 Å². The van der Waals surface area contributed by atoms with Crippen LogP contribution in [0.3, 0.4) is 0 Å². The van der Waals surface area contributed by atoms with Crippen molar-refractivity contribution in [3.63, 3.8) is 0 Å². The Morgan fingerprint density at radius 2 is 1.11 bits per heavy atom. The van der Waals surface area contributed by atoms with Crippen LogP contribution in [0.1, 0.15) is 12.8 Å². The zero-order chi connectivity index (χ0) is 20.6. The van der Waals surface area contributed by atoms with Gasteiger partial charge < -0.3 is 42.3 Å². The van der Waals surface area contributed by atoms with Crippen molar-refractivity contribution in [1.82, 2.24) is 21.3 Å². The molecule has 0 amide bonds. The molecule has 0 aromatic rings. The topological polar surface area (TPSA) is 222 Å². The lowest BCUT2D eigenvalue weighted by atomic mass is 9.82. The second-order valence-electron chi connectivity index (χ2n) is 6.54. The highest BCUT2D eigenvalue weighted by Gasteiger charge is 2.51. The maximum atomic E-state index is 9.09. The van der Waals surface area contributed by atoms with Gasteiger partial charge >= 0.3 is 0 Å². The van der Waals surface area contributed by atoms with E-state index >= 15 is 0 Å². The Bertz CT molecular complexity index is 292. The Labute approximate surface area is 161 Å². The number of nitrogens with two attached hydrogens (primary N) is 4. The van der Waals surface area contributed by atoms with Crippen molar-refractivity contribution in [3.8, 4) is 0 Å². The number of rotatable bonds is 5. The van der Waals surface area contributed by atoms with Crippen molar-refractivity contribution in [2.24, 2.45) is 28.5 Å². The average molecular weight is 397 g/mol. The Morgan fingerprint density at radius 3 is 1.30 bits per heavy atom. The first-order valence-electron chi connectivity index (χ1n) is 9.32. The average Bonchev–Trinajstić information content (AvgIpc) is 2.65. The van der Waals surface area contributed by atoms with Crippen LogP contribution >= 0.6 is 0 Å². The molecule has 0 radical (unpaired) electrons. The van der Waals surface area contributed by atoms with Crippen molar-refractivity contribution < 1.29 is 20.2 Å². The first-order chi connectivity index (χ1) is 12.9. The molecule has 1 heterocycles. The van der Waals surface area contributed by atoms with E-state index in [0.29, 0.717) is 0 Å². The summed E-state index contributed by atoms with van der Waals surface area (Å²) in [6.07, 6.45) is 0.779. The third-order valence-corrected chi connectivity index (χ3v) is 4.47. The molecule has 1 aliphatic heterocycles. The van der Waals surface area contributed by atoms with Gasteiger partial charge in [0.25, 0.3) is 0 Å². The molecule has 164 valence electrons. The van der Waals surface area contributed by atoms with Gasteiger partial charge in [-0.1, -0.05) is 0 Å². The smallest absolute Gasteiger partial charge is 0.202 e. The molecule has 0 bridgehead atoms. The van der Waals surface area contributed by atoms with E-state index in [1.807, 2.05) is 0 Å². The molecule has 0 aromatic carbocycles.